The van der Waals surface area contributed by atoms with E-state index in [2.05, 4.69) is 0 Å². The van der Waals surface area contributed by atoms with Gasteiger partial charge in [0.1, 0.15) is 0 Å². The van der Waals surface area contributed by atoms with Crippen molar-refractivity contribution in [3.8, 4) is 0 Å². The topological polar surface area (TPSA) is 60.8 Å². The molecule has 2 aliphatic heterocycles. The number of rotatable bonds is 3. The first-order valence-corrected chi connectivity index (χ1v) is 10.0. The lowest BCUT2D eigenvalue weighted by molar-refractivity contribution is -0.137. The van der Waals surface area contributed by atoms with Crippen molar-refractivity contribution in [2.45, 2.75) is 26.2 Å². The number of amides is 1. The normalized spacial score (nSPS) is 24.3. The largest absolute Gasteiger partial charge is 0.342 e. The fourth-order valence-corrected chi connectivity index (χ4v) is 6.30. The third-order valence-electron chi connectivity index (χ3n) is 5.16. The number of hydrogen-bond acceptors (Lipinski definition) is 3. The highest BCUT2D eigenvalue weighted by Gasteiger charge is 2.50. The van der Waals surface area contributed by atoms with Gasteiger partial charge in [-0.2, -0.15) is 10.6 Å². The molecule has 0 bridgehead atoms. The van der Waals surface area contributed by atoms with Gasteiger partial charge in [0.2, 0.25) is 5.91 Å². The third-order valence-corrected chi connectivity index (χ3v) is 7.31. The Labute approximate surface area is 142 Å². The van der Waals surface area contributed by atoms with E-state index in [0.29, 0.717) is 36.6 Å². The van der Waals surface area contributed by atoms with Gasteiger partial charge in [-0.3, -0.25) is 13.9 Å². The van der Waals surface area contributed by atoms with Crippen LogP contribution in [0.4, 0.5) is 8.78 Å². The van der Waals surface area contributed by atoms with Gasteiger partial charge in [0.15, 0.2) is 11.6 Å². The average Bonchev–Trinajstić information content (AvgIpc) is 2.49. The van der Waals surface area contributed by atoms with Crippen molar-refractivity contribution in [3.05, 3.63) is 35.4 Å². The summed E-state index contributed by atoms with van der Waals surface area (Å²) in [6.45, 7) is 3.04. The van der Waals surface area contributed by atoms with Crippen LogP contribution >= 0.6 is 10.6 Å². The molecule has 2 aliphatic rings. The van der Waals surface area contributed by atoms with Crippen molar-refractivity contribution in [2.24, 2.45) is 11.3 Å². The second kappa shape index (κ2) is 6.28. The van der Waals surface area contributed by atoms with Crippen molar-refractivity contribution < 1.29 is 22.7 Å². The number of hydrogen-bond donors (Lipinski definition) is 2. The summed E-state index contributed by atoms with van der Waals surface area (Å²) in [6.07, 6.45) is 1.97. The molecule has 0 aliphatic carbocycles. The molecule has 1 unspecified atom stereocenters. The Morgan fingerprint density at radius 1 is 1.25 bits per heavy atom. The fraction of sp³-hybridized carbons (Fsp3) is 0.588. The smallest absolute Gasteiger partial charge is 0.225 e. The SMILES string of the molecule is CC(Cc1ccc(F)c(F)c1)C(=O)N1CCC2(CC1)CS(O)(O)C2. The Morgan fingerprint density at radius 3 is 2.42 bits per heavy atom. The predicted molar refractivity (Wildman–Crippen MR) is 90.1 cm³/mol. The van der Waals surface area contributed by atoms with Crippen LogP contribution in [0.2, 0.25) is 0 Å². The molecule has 4 nitrogen and oxygen atoms in total. The van der Waals surface area contributed by atoms with Crippen molar-refractivity contribution in [2.75, 3.05) is 24.6 Å². The van der Waals surface area contributed by atoms with Crippen LogP contribution in [0.25, 0.3) is 0 Å². The second-order valence-electron chi connectivity index (χ2n) is 7.27. The minimum absolute atomic E-state index is 0.00105. The van der Waals surface area contributed by atoms with Crippen LogP contribution in [0.15, 0.2) is 18.2 Å². The quantitative estimate of drug-likeness (QED) is 0.868. The zero-order valence-corrected chi connectivity index (χ0v) is 14.5. The number of carbonyl (C=O) groups is 1. The van der Waals surface area contributed by atoms with E-state index in [-0.39, 0.29) is 17.2 Å². The summed E-state index contributed by atoms with van der Waals surface area (Å²) < 4.78 is 45.4. The van der Waals surface area contributed by atoms with Crippen LogP contribution in [0.5, 0.6) is 0 Å². The Bertz CT molecular complexity index is 635. The van der Waals surface area contributed by atoms with Crippen LogP contribution in [-0.2, 0) is 11.2 Å². The number of halogens is 2. The van der Waals surface area contributed by atoms with Gasteiger partial charge in [-0.25, -0.2) is 8.78 Å². The third kappa shape index (κ3) is 3.58. The minimum atomic E-state index is -2.36. The molecule has 2 heterocycles. The first-order chi connectivity index (χ1) is 11.2. The maximum absolute atomic E-state index is 13.3. The molecular formula is C17H23F2NO3S. The molecule has 1 spiro atoms. The van der Waals surface area contributed by atoms with E-state index in [0.717, 1.165) is 25.0 Å². The summed E-state index contributed by atoms with van der Waals surface area (Å²) in [7, 11) is -2.36. The summed E-state index contributed by atoms with van der Waals surface area (Å²) in [4.78, 5) is 14.4. The molecule has 3 rings (SSSR count). The first kappa shape index (κ1) is 17.6. The number of nitrogens with zero attached hydrogens (tertiary/aromatic N) is 1. The molecule has 1 aromatic carbocycles. The lowest BCUT2D eigenvalue weighted by atomic mass is 9.81. The molecule has 134 valence electrons. The fourth-order valence-electron chi connectivity index (χ4n) is 3.85. The highest BCUT2D eigenvalue weighted by atomic mass is 32.3. The molecule has 2 N–H and O–H groups in total. The monoisotopic (exact) mass is 359 g/mol. The Kier molecular flexibility index (Phi) is 4.61. The molecule has 0 aromatic heterocycles. The second-order valence-corrected chi connectivity index (χ2v) is 9.45. The molecule has 2 fully saturated rings. The molecule has 1 aromatic rings. The summed E-state index contributed by atoms with van der Waals surface area (Å²) in [5.74, 6) is -1.13. The van der Waals surface area contributed by atoms with Crippen molar-refractivity contribution >= 4 is 16.5 Å². The number of carbonyl (C=O) groups excluding carboxylic acids is 1. The van der Waals surface area contributed by atoms with Gasteiger partial charge in [-0.1, -0.05) is 13.0 Å². The Balaban J connectivity index is 1.54. The van der Waals surface area contributed by atoms with E-state index in [1.807, 2.05) is 0 Å². The standard InChI is InChI=1S/C17H23F2NO3S/c1-12(8-13-2-3-14(18)15(19)9-13)16(21)20-6-4-17(5-7-20)10-24(22,23)11-17/h2-3,9,12,22-23H,4-8,10-11H2,1H3. The van der Waals surface area contributed by atoms with Gasteiger partial charge in [-0.05, 0) is 37.0 Å². The lowest BCUT2D eigenvalue weighted by Gasteiger charge is -2.58. The van der Waals surface area contributed by atoms with E-state index in [1.165, 1.54) is 6.07 Å². The number of benzene rings is 1. The highest BCUT2D eigenvalue weighted by molar-refractivity contribution is 8.25. The van der Waals surface area contributed by atoms with Gasteiger partial charge < -0.3 is 4.90 Å². The minimum Gasteiger partial charge on any atom is -0.342 e. The van der Waals surface area contributed by atoms with Crippen molar-refractivity contribution in [1.82, 2.24) is 4.90 Å². The van der Waals surface area contributed by atoms with Crippen LogP contribution in [-0.4, -0.2) is 44.5 Å². The van der Waals surface area contributed by atoms with E-state index in [4.69, 9.17) is 0 Å². The maximum atomic E-state index is 13.3. The molecule has 7 heteroatoms. The van der Waals surface area contributed by atoms with Crippen LogP contribution in [0.3, 0.4) is 0 Å². The molecule has 24 heavy (non-hydrogen) atoms. The van der Waals surface area contributed by atoms with Crippen molar-refractivity contribution in [3.63, 3.8) is 0 Å². The van der Waals surface area contributed by atoms with Crippen LogP contribution < -0.4 is 0 Å². The molecule has 0 radical (unpaired) electrons. The number of piperidine rings is 1. The zero-order valence-electron chi connectivity index (χ0n) is 13.7. The molecular weight excluding hydrogens is 336 g/mol. The van der Waals surface area contributed by atoms with Gasteiger partial charge in [0.25, 0.3) is 0 Å². The summed E-state index contributed by atoms with van der Waals surface area (Å²) in [6, 6.07) is 3.73. The van der Waals surface area contributed by atoms with Gasteiger partial charge in [0.05, 0.1) is 0 Å². The molecule has 1 atom stereocenters. The molecule has 1 amide bonds. The Hall–Kier alpha value is -1.18. The molecule has 0 saturated carbocycles. The predicted octanol–water partition coefficient (Wildman–Crippen LogP) is 3.52. The number of likely N-dealkylation sites (tertiary alicyclic amines) is 1. The highest BCUT2D eigenvalue weighted by Crippen LogP contribution is 2.62. The van der Waals surface area contributed by atoms with Crippen LogP contribution in [0, 0.1) is 23.0 Å². The zero-order chi connectivity index (χ0) is 17.5. The van der Waals surface area contributed by atoms with Gasteiger partial charge in [-0.15, -0.1) is 0 Å². The van der Waals surface area contributed by atoms with E-state index < -0.39 is 22.2 Å². The van der Waals surface area contributed by atoms with E-state index in [9.17, 15) is 22.7 Å². The van der Waals surface area contributed by atoms with E-state index >= 15 is 0 Å². The Morgan fingerprint density at radius 2 is 1.88 bits per heavy atom. The molecule has 2 saturated heterocycles. The maximum Gasteiger partial charge on any atom is 0.225 e. The summed E-state index contributed by atoms with van der Waals surface area (Å²) >= 11 is 0. The van der Waals surface area contributed by atoms with E-state index in [1.54, 1.807) is 11.8 Å². The summed E-state index contributed by atoms with van der Waals surface area (Å²) in [5, 5.41) is 0. The van der Waals surface area contributed by atoms with Gasteiger partial charge in [0, 0.05) is 35.9 Å². The van der Waals surface area contributed by atoms with Gasteiger partial charge >= 0.3 is 0 Å². The average molecular weight is 359 g/mol. The lowest BCUT2D eigenvalue weighted by Crippen LogP contribution is -2.54. The summed E-state index contributed by atoms with van der Waals surface area (Å²) in [5.41, 5.74) is 0.607. The first-order valence-electron chi connectivity index (χ1n) is 8.16. The van der Waals surface area contributed by atoms with Crippen molar-refractivity contribution in [1.29, 1.82) is 0 Å². The van der Waals surface area contributed by atoms with Crippen LogP contribution in [0.1, 0.15) is 25.3 Å².